The molecule has 7 nitrogen and oxygen atoms in total. The summed E-state index contributed by atoms with van der Waals surface area (Å²) in [5.74, 6) is 0.909. The molecule has 0 aliphatic carbocycles. The molecule has 1 N–H and O–H groups in total. The van der Waals surface area contributed by atoms with E-state index in [0.29, 0.717) is 28.6 Å². The van der Waals surface area contributed by atoms with Crippen LogP contribution in [0.4, 0.5) is 5.69 Å². The summed E-state index contributed by atoms with van der Waals surface area (Å²) in [6, 6.07) is 14.3. The molecular formula is C19H21N3O4S. The van der Waals surface area contributed by atoms with E-state index >= 15 is 0 Å². The average molecular weight is 387 g/mol. The molecule has 0 bridgehead atoms. The van der Waals surface area contributed by atoms with Crippen LogP contribution in [0.15, 0.2) is 53.4 Å². The van der Waals surface area contributed by atoms with Crippen molar-refractivity contribution in [3.05, 3.63) is 59.9 Å². The molecule has 0 saturated heterocycles. The number of rotatable bonds is 6. The van der Waals surface area contributed by atoms with Crippen LogP contribution in [-0.4, -0.2) is 32.4 Å². The lowest BCUT2D eigenvalue weighted by atomic mass is 10.3. The van der Waals surface area contributed by atoms with Crippen molar-refractivity contribution >= 4 is 15.7 Å². The van der Waals surface area contributed by atoms with E-state index in [-0.39, 0.29) is 4.90 Å². The topological polar surface area (TPSA) is 82.4 Å². The molecule has 0 atom stereocenters. The number of sulfonamides is 1. The molecule has 0 amide bonds. The minimum atomic E-state index is -3.89. The van der Waals surface area contributed by atoms with Crippen LogP contribution < -0.4 is 14.2 Å². The highest BCUT2D eigenvalue weighted by Gasteiger charge is 2.26. The van der Waals surface area contributed by atoms with Crippen molar-refractivity contribution in [2.45, 2.75) is 18.7 Å². The zero-order valence-corrected chi connectivity index (χ0v) is 16.4. The predicted molar refractivity (Wildman–Crippen MR) is 103 cm³/mol. The van der Waals surface area contributed by atoms with Gasteiger partial charge >= 0.3 is 0 Å². The van der Waals surface area contributed by atoms with Crippen LogP contribution in [0.1, 0.15) is 11.4 Å². The van der Waals surface area contributed by atoms with Crippen LogP contribution in [0, 0.1) is 13.8 Å². The number of hydrogen-bond acceptors (Lipinski definition) is 5. The Kier molecular flexibility index (Phi) is 5.09. The third-order valence-electron chi connectivity index (χ3n) is 4.15. The Morgan fingerprint density at radius 1 is 1.00 bits per heavy atom. The number of anilines is 1. The maximum absolute atomic E-state index is 13.1. The van der Waals surface area contributed by atoms with E-state index in [0.717, 1.165) is 5.69 Å². The van der Waals surface area contributed by atoms with Crippen LogP contribution in [-0.2, 0) is 10.0 Å². The van der Waals surface area contributed by atoms with Crippen molar-refractivity contribution in [2.24, 2.45) is 0 Å². The summed E-state index contributed by atoms with van der Waals surface area (Å²) in [7, 11) is -0.900. The number of aromatic nitrogens is 2. The quantitative estimate of drug-likeness (QED) is 0.702. The maximum Gasteiger partial charge on any atom is 0.265 e. The SMILES string of the molecule is COc1ccc(OC)c(NS(=O)(=O)c2c(C)nn(-c3ccccc3)c2C)c1. The van der Waals surface area contributed by atoms with Gasteiger partial charge in [0.2, 0.25) is 0 Å². The number of benzene rings is 2. The third-order valence-corrected chi connectivity index (χ3v) is 5.76. The first-order chi connectivity index (χ1) is 12.9. The molecule has 2 aromatic carbocycles. The van der Waals surface area contributed by atoms with Crippen LogP contribution in [0.5, 0.6) is 11.5 Å². The van der Waals surface area contributed by atoms with Gasteiger partial charge in [-0.3, -0.25) is 4.72 Å². The fraction of sp³-hybridized carbons (Fsp3) is 0.211. The lowest BCUT2D eigenvalue weighted by Crippen LogP contribution is -2.15. The number of ether oxygens (including phenoxy) is 2. The first kappa shape index (κ1) is 18.8. The second-order valence-electron chi connectivity index (χ2n) is 5.92. The molecule has 3 aromatic rings. The van der Waals surface area contributed by atoms with Crippen molar-refractivity contribution in [3.8, 4) is 17.2 Å². The number of nitrogens with zero attached hydrogens (tertiary/aromatic N) is 2. The first-order valence-corrected chi connectivity index (χ1v) is 9.72. The molecule has 0 aliphatic rings. The van der Waals surface area contributed by atoms with Gasteiger partial charge in [0.25, 0.3) is 10.0 Å². The molecule has 0 unspecified atom stereocenters. The fourth-order valence-electron chi connectivity index (χ4n) is 2.93. The van der Waals surface area contributed by atoms with E-state index < -0.39 is 10.0 Å². The van der Waals surface area contributed by atoms with Crippen LogP contribution in [0.3, 0.4) is 0 Å². The molecule has 0 fully saturated rings. The van der Waals surface area contributed by atoms with Gasteiger partial charge in [-0.25, -0.2) is 13.1 Å². The molecule has 8 heteroatoms. The van der Waals surface area contributed by atoms with Gasteiger partial charge in [-0.15, -0.1) is 0 Å². The highest BCUT2D eigenvalue weighted by atomic mass is 32.2. The molecule has 0 aliphatic heterocycles. The molecule has 3 rings (SSSR count). The maximum atomic E-state index is 13.1. The zero-order chi connectivity index (χ0) is 19.6. The normalized spacial score (nSPS) is 11.3. The van der Waals surface area contributed by atoms with E-state index in [9.17, 15) is 8.42 Å². The van der Waals surface area contributed by atoms with Crippen LogP contribution >= 0.6 is 0 Å². The Hall–Kier alpha value is -3.00. The Balaban J connectivity index is 2.05. The van der Waals surface area contributed by atoms with E-state index in [1.165, 1.54) is 14.2 Å². The van der Waals surface area contributed by atoms with Gasteiger partial charge in [0.1, 0.15) is 16.4 Å². The lowest BCUT2D eigenvalue weighted by molar-refractivity contribution is 0.405. The highest BCUT2D eigenvalue weighted by Crippen LogP contribution is 2.32. The standard InChI is InChI=1S/C19H21N3O4S/c1-13-19(14(2)22(20-13)15-8-6-5-7-9-15)27(23,24)21-17-12-16(25-3)10-11-18(17)26-4/h5-12,21H,1-4H3. The van der Waals surface area contributed by atoms with Gasteiger partial charge in [-0.2, -0.15) is 5.10 Å². The van der Waals surface area contributed by atoms with Crippen molar-refractivity contribution < 1.29 is 17.9 Å². The van der Waals surface area contributed by atoms with Gasteiger partial charge in [0.15, 0.2) is 0 Å². The molecule has 1 heterocycles. The van der Waals surface area contributed by atoms with Crippen molar-refractivity contribution in [1.29, 1.82) is 0 Å². The monoisotopic (exact) mass is 387 g/mol. The van der Waals surface area contributed by atoms with Crippen LogP contribution in [0.25, 0.3) is 5.69 Å². The highest BCUT2D eigenvalue weighted by molar-refractivity contribution is 7.92. The van der Waals surface area contributed by atoms with Crippen molar-refractivity contribution in [1.82, 2.24) is 9.78 Å². The van der Waals surface area contributed by atoms with Gasteiger partial charge in [-0.1, -0.05) is 18.2 Å². The minimum absolute atomic E-state index is 0.135. The fourth-order valence-corrected chi connectivity index (χ4v) is 4.38. The summed E-state index contributed by atoms with van der Waals surface area (Å²) < 4.78 is 40.8. The van der Waals surface area contributed by atoms with Gasteiger partial charge in [0, 0.05) is 6.07 Å². The summed E-state index contributed by atoms with van der Waals surface area (Å²) in [5.41, 5.74) is 2.01. The van der Waals surface area contributed by atoms with Crippen molar-refractivity contribution in [2.75, 3.05) is 18.9 Å². The van der Waals surface area contributed by atoms with Gasteiger partial charge in [-0.05, 0) is 38.1 Å². The summed E-state index contributed by atoms with van der Waals surface area (Å²) in [4.78, 5) is 0.135. The summed E-state index contributed by atoms with van der Waals surface area (Å²) in [6.45, 7) is 3.40. The molecule has 142 valence electrons. The van der Waals surface area contributed by atoms with E-state index in [1.54, 1.807) is 36.7 Å². The first-order valence-electron chi connectivity index (χ1n) is 8.24. The minimum Gasteiger partial charge on any atom is -0.497 e. The summed E-state index contributed by atoms with van der Waals surface area (Å²) in [5, 5.41) is 4.41. The number of methoxy groups -OCH3 is 2. The molecule has 0 spiro atoms. The molecule has 0 saturated carbocycles. The van der Waals surface area contributed by atoms with Gasteiger partial charge < -0.3 is 9.47 Å². The van der Waals surface area contributed by atoms with E-state index in [1.807, 2.05) is 30.3 Å². The van der Waals surface area contributed by atoms with Crippen molar-refractivity contribution in [3.63, 3.8) is 0 Å². The Bertz CT molecular complexity index is 1060. The summed E-state index contributed by atoms with van der Waals surface area (Å²) >= 11 is 0. The Morgan fingerprint density at radius 2 is 1.70 bits per heavy atom. The van der Waals surface area contributed by atoms with Gasteiger partial charge in [0.05, 0.1) is 37.0 Å². The van der Waals surface area contributed by atoms with E-state index in [4.69, 9.17) is 9.47 Å². The number of nitrogens with one attached hydrogen (secondary N) is 1. The average Bonchev–Trinajstić information content (AvgIpc) is 2.97. The van der Waals surface area contributed by atoms with E-state index in [2.05, 4.69) is 9.82 Å². The van der Waals surface area contributed by atoms with Crippen LogP contribution in [0.2, 0.25) is 0 Å². The smallest absolute Gasteiger partial charge is 0.265 e. The zero-order valence-electron chi connectivity index (χ0n) is 15.6. The number of hydrogen-bond donors (Lipinski definition) is 1. The Morgan fingerprint density at radius 3 is 2.33 bits per heavy atom. The molecular weight excluding hydrogens is 366 g/mol. The number of aryl methyl sites for hydroxylation is 1. The third kappa shape index (κ3) is 3.61. The lowest BCUT2D eigenvalue weighted by Gasteiger charge is -2.13. The summed E-state index contributed by atoms with van der Waals surface area (Å²) in [6.07, 6.45) is 0. The Labute approximate surface area is 158 Å². The second-order valence-corrected chi connectivity index (χ2v) is 7.54. The molecule has 0 radical (unpaired) electrons. The molecule has 27 heavy (non-hydrogen) atoms. The molecule has 1 aromatic heterocycles. The second kappa shape index (κ2) is 7.32. The largest absolute Gasteiger partial charge is 0.497 e. The number of para-hydroxylation sites is 1. The predicted octanol–water partition coefficient (Wildman–Crippen LogP) is 3.31.